The molecule has 26 heavy (non-hydrogen) atoms. The molecule has 2 heterocycles. The lowest BCUT2D eigenvalue weighted by molar-refractivity contribution is -0.151. The molecular formula is C21H32N2O3. The highest BCUT2D eigenvalue weighted by Gasteiger charge is 2.40. The van der Waals surface area contributed by atoms with Crippen molar-refractivity contribution in [3.63, 3.8) is 0 Å². The number of piperidine rings is 2. The summed E-state index contributed by atoms with van der Waals surface area (Å²) in [6, 6.07) is 10.5. The van der Waals surface area contributed by atoms with Crippen LogP contribution in [-0.2, 0) is 11.3 Å². The van der Waals surface area contributed by atoms with Crippen molar-refractivity contribution in [2.24, 2.45) is 5.92 Å². The van der Waals surface area contributed by atoms with Gasteiger partial charge in [-0.3, -0.25) is 9.69 Å². The van der Waals surface area contributed by atoms with Gasteiger partial charge in [-0.2, -0.15) is 0 Å². The summed E-state index contributed by atoms with van der Waals surface area (Å²) in [5.41, 5.74) is 0.312. The van der Waals surface area contributed by atoms with E-state index in [0.717, 1.165) is 32.5 Å². The van der Waals surface area contributed by atoms with Crippen molar-refractivity contribution in [3.8, 4) is 0 Å². The van der Waals surface area contributed by atoms with E-state index in [1.165, 1.54) is 5.56 Å². The number of β-amino-alcohol motifs (C(OH)–C–C–N with tert-alkyl or cyclic N) is 1. The van der Waals surface area contributed by atoms with Crippen LogP contribution in [0.4, 0.5) is 0 Å². The number of nitrogens with zero attached hydrogens (tertiary/aromatic N) is 2. The molecule has 2 fully saturated rings. The van der Waals surface area contributed by atoms with Gasteiger partial charge in [-0.15, -0.1) is 0 Å². The highest BCUT2D eigenvalue weighted by Crippen LogP contribution is 2.28. The highest BCUT2D eigenvalue weighted by atomic mass is 16.3. The standard InChI is InChI=1S/C21H32N2O3/c1-2-21(26)10-13-23(16-19(21)24)20(25)14-17-8-11-22(12-9-17)15-18-6-4-3-5-7-18/h3-7,17,19,24,26H,2,8-16H2,1H3. The molecule has 5 heteroatoms. The SMILES string of the molecule is CCC1(O)CCN(C(=O)CC2CCN(Cc3ccccc3)CC2)CC1O. The third kappa shape index (κ3) is 4.64. The minimum atomic E-state index is -1.03. The van der Waals surface area contributed by atoms with Crippen LogP contribution in [-0.4, -0.2) is 63.8 Å². The number of aliphatic hydroxyl groups excluding tert-OH is 1. The van der Waals surface area contributed by atoms with Crippen LogP contribution in [0, 0.1) is 5.92 Å². The van der Waals surface area contributed by atoms with E-state index in [-0.39, 0.29) is 12.5 Å². The summed E-state index contributed by atoms with van der Waals surface area (Å²) in [6.07, 6.45) is 2.82. The van der Waals surface area contributed by atoms with Gasteiger partial charge < -0.3 is 15.1 Å². The topological polar surface area (TPSA) is 64.0 Å². The Morgan fingerprint density at radius 3 is 2.50 bits per heavy atom. The molecule has 3 rings (SSSR count). The van der Waals surface area contributed by atoms with E-state index in [1.807, 2.05) is 13.0 Å². The number of benzene rings is 1. The summed E-state index contributed by atoms with van der Waals surface area (Å²) in [5, 5.41) is 20.5. The average Bonchev–Trinajstić information content (AvgIpc) is 2.66. The Morgan fingerprint density at radius 1 is 1.19 bits per heavy atom. The molecule has 2 saturated heterocycles. The summed E-state index contributed by atoms with van der Waals surface area (Å²) >= 11 is 0. The molecule has 0 aromatic heterocycles. The highest BCUT2D eigenvalue weighted by molar-refractivity contribution is 5.76. The number of carbonyl (C=O) groups is 1. The summed E-state index contributed by atoms with van der Waals surface area (Å²) in [5.74, 6) is 0.558. The molecule has 2 atom stereocenters. The van der Waals surface area contributed by atoms with Crippen LogP contribution in [0.25, 0.3) is 0 Å². The maximum absolute atomic E-state index is 12.6. The fraction of sp³-hybridized carbons (Fsp3) is 0.667. The summed E-state index contributed by atoms with van der Waals surface area (Å²) < 4.78 is 0. The second-order valence-corrected chi connectivity index (χ2v) is 7.97. The van der Waals surface area contributed by atoms with Crippen molar-refractivity contribution in [1.29, 1.82) is 0 Å². The summed E-state index contributed by atoms with van der Waals surface area (Å²) in [7, 11) is 0. The Labute approximate surface area is 156 Å². The molecule has 2 aliphatic heterocycles. The van der Waals surface area contributed by atoms with Gasteiger partial charge in [0.25, 0.3) is 0 Å². The Hall–Kier alpha value is -1.43. The van der Waals surface area contributed by atoms with Crippen molar-refractivity contribution < 1.29 is 15.0 Å². The first-order valence-electron chi connectivity index (χ1n) is 9.94. The van der Waals surface area contributed by atoms with Gasteiger partial charge in [0.05, 0.1) is 5.60 Å². The first kappa shape index (κ1) is 19.3. The van der Waals surface area contributed by atoms with Crippen molar-refractivity contribution >= 4 is 5.91 Å². The van der Waals surface area contributed by atoms with Crippen LogP contribution in [0.1, 0.15) is 44.6 Å². The Bertz CT molecular complexity index is 586. The first-order chi connectivity index (χ1) is 12.5. The van der Waals surface area contributed by atoms with Crippen LogP contribution in [0.2, 0.25) is 0 Å². The van der Waals surface area contributed by atoms with Crippen LogP contribution in [0.15, 0.2) is 30.3 Å². The fourth-order valence-electron chi connectivity index (χ4n) is 4.17. The zero-order chi connectivity index (χ0) is 18.6. The number of hydrogen-bond donors (Lipinski definition) is 2. The predicted molar refractivity (Wildman–Crippen MR) is 102 cm³/mol. The van der Waals surface area contributed by atoms with Crippen molar-refractivity contribution in [2.75, 3.05) is 26.2 Å². The first-order valence-corrected chi connectivity index (χ1v) is 9.94. The van der Waals surface area contributed by atoms with Gasteiger partial charge in [0.2, 0.25) is 5.91 Å². The number of hydrogen-bond acceptors (Lipinski definition) is 4. The molecule has 1 aromatic carbocycles. The molecule has 1 amide bonds. The van der Waals surface area contributed by atoms with Gasteiger partial charge in [0.15, 0.2) is 0 Å². The number of likely N-dealkylation sites (tertiary alicyclic amines) is 2. The number of rotatable bonds is 5. The van der Waals surface area contributed by atoms with E-state index in [4.69, 9.17) is 0 Å². The molecule has 1 aromatic rings. The minimum Gasteiger partial charge on any atom is -0.388 e. The van der Waals surface area contributed by atoms with Crippen molar-refractivity contribution in [2.45, 2.75) is 57.3 Å². The molecule has 0 bridgehead atoms. The van der Waals surface area contributed by atoms with Crippen LogP contribution in [0.3, 0.4) is 0 Å². The second kappa shape index (κ2) is 8.51. The summed E-state index contributed by atoms with van der Waals surface area (Å²) in [6.45, 7) is 5.73. The largest absolute Gasteiger partial charge is 0.388 e. The molecule has 2 N–H and O–H groups in total. The van der Waals surface area contributed by atoms with Gasteiger partial charge in [-0.1, -0.05) is 37.3 Å². The Morgan fingerprint density at radius 2 is 1.88 bits per heavy atom. The predicted octanol–water partition coefficient (Wildman–Crippen LogP) is 2.02. The average molecular weight is 360 g/mol. The monoisotopic (exact) mass is 360 g/mol. The van der Waals surface area contributed by atoms with Gasteiger partial charge in [-0.25, -0.2) is 0 Å². The lowest BCUT2D eigenvalue weighted by atomic mass is 9.85. The van der Waals surface area contributed by atoms with E-state index in [0.29, 0.717) is 31.7 Å². The van der Waals surface area contributed by atoms with Crippen molar-refractivity contribution in [3.05, 3.63) is 35.9 Å². The maximum Gasteiger partial charge on any atom is 0.222 e. The maximum atomic E-state index is 12.6. The van der Waals surface area contributed by atoms with Crippen LogP contribution in [0.5, 0.6) is 0 Å². The zero-order valence-corrected chi connectivity index (χ0v) is 15.8. The number of carbonyl (C=O) groups excluding carboxylic acids is 1. The van der Waals surface area contributed by atoms with Crippen molar-refractivity contribution in [1.82, 2.24) is 9.80 Å². The lowest BCUT2D eigenvalue weighted by Gasteiger charge is -2.42. The summed E-state index contributed by atoms with van der Waals surface area (Å²) in [4.78, 5) is 16.8. The van der Waals surface area contributed by atoms with E-state index in [1.54, 1.807) is 4.90 Å². The molecular weight excluding hydrogens is 328 g/mol. The second-order valence-electron chi connectivity index (χ2n) is 7.97. The molecule has 0 radical (unpaired) electrons. The van der Waals surface area contributed by atoms with Crippen LogP contribution >= 0.6 is 0 Å². The van der Waals surface area contributed by atoms with E-state index in [9.17, 15) is 15.0 Å². The fourth-order valence-corrected chi connectivity index (χ4v) is 4.17. The number of amides is 1. The van der Waals surface area contributed by atoms with E-state index in [2.05, 4.69) is 29.2 Å². The molecule has 0 aliphatic carbocycles. The van der Waals surface area contributed by atoms with Gasteiger partial charge in [0.1, 0.15) is 6.10 Å². The Balaban J connectivity index is 1.42. The van der Waals surface area contributed by atoms with Gasteiger partial charge in [0, 0.05) is 26.1 Å². The number of aliphatic hydroxyl groups is 2. The normalized spacial score (nSPS) is 28.3. The van der Waals surface area contributed by atoms with Gasteiger partial charge in [-0.05, 0) is 50.3 Å². The molecule has 5 nitrogen and oxygen atoms in total. The molecule has 144 valence electrons. The lowest BCUT2D eigenvalue weighted by Crippen LogP contribution is -2.56. The van der Waals surface area contributed by atoms with E-state index >= 15 is 0 Å². The molecule has 2 unspecified atom stereocenters. The third-order valence-corrected chi connectivity index (χ3v) is 6.21. The molecule has 2 aliphatic rings. The quantitative estimate of drug-likeness (QED) is 0.843. The van der Waals surface area contributed by atoms with Crippen LogP contribution < -0.4 is 0 Å². The van der Waals surface area contributed by atoms with Gasteiger partial charge >= 0.3 is 0 Å². The zero-order valence-electron chi connectivity index (χ0n) is 15.8. The third-order valence-electron chi connectivity index (χ3n) is 6.21. The molecule has 0 saturated carbocycles. The Kier molecular flexibility index (Phi) is 6.33. The minimum absolute atomic E-state index is 0.128. The molecule has 0 spiro atoms. The smallest absolute Gasteiger partial charge is 0.222 e. The van der Waals surface area contributed by atoms with E-state index < -0.39 is 11.7 Å².